The molecular formula is C51H98N2O6P+. The fourth-order valence-corrected chi connectivity index (χ4v) is 7.78. The second kappa shape index (κ2) is 42.7. The predicted octanol–water partition coefficient (Wildman–Crippen LogP) is 14.4. The van der Waals surface area contributed by atoms with E-state index in [0.717, 1.165) is 64.2 Å². The molecule has 0 rings (SSSR count). The SMILES string of the molecule is CCCCC/C=C\C/C=C\C/C=C\CCCCCCCCC(=O)NC(COP(=O)(O)OCC[N+](C)(C)C)C(O)/C=C/CCCCCCCCCCCCCCCCCCC. The molecule has 0 aromatic rings. The van der Waals surface area contributed by atoms with Crippen LogP contribution in [0, 0.1) is 0 Å². The molecule has 8 nitrogen and oxygen atoms in total. The van der Waals surface area contributed by atoms with Crippen molar-refractivity contribution in [3.63, 3.8) is 0 Å². The van der Waals surface area contributed by atoms with Crippen LogP contribution in [0.3, 0.4) is 0 Å². The van der Waals surface area contributed by atoms with Crippen molar-refractivity contribution >= 4 is 13.7 Å². The van der Waals surface area contributed by atoms with E-state index in [1.54, 1.807) is 6.08 Å². The van der Waals surface area contributed by atoms with Gasteiger partial charge in [0.2, 0.25) is 5.91 Å². The van der Waals surface area contributed by atoms with Crippen LogP contribution in [0.15, 0.2) is 48.6 Å². The highest BCUT2D eigenvalue weighted by Gasteiger charge is 2.27. The highest BCUT2D eigenvalue weighted by atomic mass is 31.2. The number of nitrogens with one attached hydrogen (secondary N) is 1. The fraction of sp³-hybridized carbons (Fsp3) is 0.824. The summed E-state index contributed by atoms with van der Waals surface area (Å²) in [6.07, 6.45) is 54.6. The number of carbonyl (C=O) groups excluding carboxylic acids is 1. The first-order valence-electron chi connectivity index (χ1n) is 25.0. The van der Waals surface area contributed by atoms with Gasteiger partial charge in [0, 0.05) is 6.42 Å². The smallest absolute Gasteiger partial charge is 0.387 e. The quantitative estimate of drug-likeness (QED) is 0.0244. The number of rotatable bonds is 45. The molecule has 3 N–H and O–H groups in total. The molecule has 0 fully saturated rings. The third-order valence-electron chi connectivity index (χ3n) is 11.0. The van der Waals surface area contributed by atoms with Crippen molar-refractivity contribution in [1.29, 1.82) is 0 Å². The maximum Gasteiger partial charge on any atom is 0.472 e. The zero-order chi connectivity index (χ0) is 44.3. The zero-order valence-electron chi connectivity index (χ0n) is 39.9. The minimum atomic E-state index is -4.35. The molecule has 0 aliphatic heterocycles. The highest BCUT2D eigenvalue weighted by Crippen LogP contribution is 2.43. The number of amides is 1. The maximum atomic E-state index is 12.9. The summed E-state index contributed by atoms with van der Waals surface area (Å²) >= 11 is 0. The van der Waals surface area contributed by atoms with E-state index in [1.807, 2.05) is 27.2 Å². The molecule has 1 amide bonds. The van der Waals surface area contributed by atoms with Crippen LogP contribution >= 0.6 is 7.82 Å². The molecular weight excluding hydrogens is 768 g/mol. The topological polar surface area (TPSA) is 105 Å². The van der Waals surface area contributed by atoms with Gasteiger partial charge in [0.1, 0.15) is 13.2 Å². The molecule has 0 bridgehead atoms. The third kappa shape index (κ3) is 44.5. The predicted molar refractivity (Wildman–Crippen MR) is 258 cm³/mol. The number of unbranched alkanes of at least 4 members (excludes halogenated alkanes) is 26. The molecule has 0 spiro atoms. The van der Waals surface area contributed by atoms with E-state index < -0.39 is 20.0 Å². The normalized spacial score (nSPS) is 14.6. The highest BCUT2D eigenvalue weighted by molar-refractivity contribution is 7.47. The maximum absolute atomic E-state index is 12.9. The van der Waals surface area contributed by atoms with Crippen molar-refractivity contribution in [3.8, 4) is 0 Å². The lowest BCUT2D eigenvalue weighted by Crippen LogP contribution is -2.45. The number of aliphatic hydroxyl groups is 1. The Bertz CT molecular complexity index is 1120. The van der Waals surface area contributed by atoms with Crippen molar-refractivity contribution in [2.75, 3.05) is 40.9 Å². The number of carbonyl (C=O) groups is 1. The molecule has 352 valence electrons. The minimum absolute atomic E-state index is 0.0575. The van der Waals surface area contributed by atoms with Crippen molar-refractivity contribution in [3.05, 3.63) is 48.6 Å². The van der Waals surface area contributed by atoms with Gasteiger partial charge in [-0.05, 0) is 57.8 Å². The summed E-state index contributed by atoms with van der Waals surface area (Å²) in [6.45, 7) is 4.79. The van der Waals surface area contributed by atoms with Gasteiger partial charge < -0.3 is 19.8 Å². The fourth-order valence-electron chi connectivity index (χ4n) is 7.05. The molecule has 0 radical (unpaired) electrons. The largest absolute Gasteiger partial charge is 0.472 e. The molecule has 3 unspecified atom stereocenters. The molecule has 60 heavy (non-hydrogen) atoms. The molecule has 0 aliphatic rings. The lowest BCUT2D eigenvalue weighted by Gasteiger charge is -2.25. The zero-order valence-corrected chi connectivity index (χ0v) is 40.8. The first-order chi connectivity index (χ1) is 29.0. The first kappa shape index (κ1) is 58.5. The molecule has 0 aliphatic carbocycles. The Morgan fingerprint density at radius 3 is 1.42 bits per heavy atom. The van der Waals surface area contributed by atoms with Crippen LogP contribution in [0.25, 0.3) is 0 Å². The average Bonchev–Trinajstić information content (AvgIpc) is 3.20. The van der Waals surface area contributed by atoms with Crippen molar-refractivity contribution in [1.82, 2.24) is 5.32 Å². The van der Waals surface area contributed by atoms with Crippen molar-refractivity contribution in [2.24, 2.45) is 0 Å². The second-order valence-electron chi connectivity index (χ2n) is 18.2. The van der Waals surface area contributed by atoms with E-state index >= 15 is 0 Å². The van der Waals surface area contributed by atoms with Crippen LogP contribution in [-0.2, 0) is 18.4 Å². The Hall–Kier alpha value is -1.54. The van der Waals surface area contributed by atoms with Crippen LogP contribution in [0.2, 0.25) is 0 Å². The summed E-state index contributed by atoms with van der Waals surface area (Å²) < 4.78 is 23.6. The van der Waals surface area contributed by atoms with Gasteiger partial charge in [-0.1, -0.05) is 204 Å². The van der Waals surface area contributed by atoms with Crippen LogP contribution < -0.4 is 5.32 Å². The van der Waals surface area contributed by atoms with E-state index in [1.165, 1.54) is 135 Å². The summed E-state index contributed by atoms with van der Waals surface area (Å²) in [7, 11) is 1.56. The lowest BCUT2D eigenvalue weighted by molar-refractivity contribution is -0.870. The summed E-state index contributed by atoms with van der Waals surface area (Å²) in [5, 5.41) is 13.9. The summed E-state index contributed by atoms with van der Waals surface area (Å²) in [6, 6.07) is -0.854. The van der Waals surface area contributed by atoms with Gasteiger partial charge in [-0.25, -0.2) is 4.57 Å². The number of quaternary nitrogens is 1. The summed E-state index contributed by atoms with van der Waals surface area (Å²) in [5.74, 6) is -0.190. The standard InChI is InChI=1S/C51H97N2O6P/c1-6-8-10-12-14-16-18-20-22-24-26-28-30-32-34-36-38-40-42-44-50(54)49(48-59-60(56,57)58-47-46-53(3,4)5)52-51(55)45-43-41-39-37-35-33-31-29-27-25-23-21-19-17-15-13-11-9-7-2/h15,17,21,23,27,29,42,44,49-50,54H,6-14,16,18-20,22,24-26,28,30-41,43,45-48H2,1-5H3,(H-,52,55,56,57)/p+1/b17-15-,23-21-,29-27-,44-42+. The number of allylic oxidation sites excluding steroid dienone is 7. The lowest BCUT2D eigenvalue weighted by atomic mass is 10.0. The molecule has 0 saturated carbocycles. The molecule has 0 aromatic heterocycles. The summed E-state index contributed by atoms with van der Waals surface area (Å²) in [4.78, 5) is 23.2. The Labute approximate surface area is 371 Å². The van der Waals surface area contributed by atoms with Crippen molar-refractivity contribution < 1.29 is 32.9 Å². The van der Waals surface area contributed by atoms with E-state index in [4.69, 9.17) is 9.05 Å². The molecule has 3 atom stereocenters. The number of phosphoric ester groups is 1. The number of phosphoric acid groups is 1. The number of hydrogen-bond acceptors (Lipinski definition) is 5. The van der Waals surface area contributed by atoms with Crippen LogP contribution in [0.5, 0.6) is 0 Å². The number of hydrogen-bond donors (Lipinski definition) is 3. The van der Waals surface area contributed by atoms with Gasteiger partial charge in [0.25, 0.3) is 0 Å². The van der Waals surface area contributed by atoms with Gasteiger partial charge >= 0.3 is 7.82 Å². The monoisotopic (exact) mass is 866 g/mol. The van der Waals surface area contributed by atoms with Crippen LogP contribution in [0.1, 0.15) is 219 Å². The minimum Gasteiger partial charge on any atom is -0.387 e. The molecule has 0 saturated heterocycles. The summed E-state index contributed by atoms with van der Waals surface area (Å²) in [5.41, 5.74) is 0. The van der Waals surface area contributed by atoms with E-state index in [0.29, 0.717) is 17.4 Å². The van der Waals surface area contributed by atoms with E-state index in [-0.39, 0.29) is 19.1 Å². The van der Waals surface area contributed by atoms with Crippen molar-refractivity contribution in [2.45, 2.75) is 231 Å². The van der Waals surface area contributed by atoms with Crippen LogP contribution in [0.4, 0.5) is 0 Å². The molecule has 9 heteroatoms. The molecule has 0 heterocycles. The average molecular weight is 866 g/mol. The molecule has 0 aromatic carbocycles. The number of nitrogens with zero attached hydrogens (tertiary/aromatic N) is 1. The van der Waals surface area contributed by atoms with Gasteiger partial charge in [0.15, 0.2) is 0 Å². The Balaban J connectivity index is 4.38. The first-order valence-corrected chi connectivity index (χ1v) is 26.5. The number of likely N-dealkylation sites (N-methyl/N-ethyl adjacent to an activating group) is 1. The van der Waals surface area contributed by atoms with E-state index in [9.17, 15) is 19.4 Å². The van der Waals surface area contributed by atoms with Gasteiger partial charge in [-0.3, -0.25) is 13.8 Å². The van der Waals surface area contributed by atoms with Gasteiger partial charge in [0.05, 0.1) is 39.9 Å². The number of aliphatic hydroxyl groups excluding tert-OH is 1. The van der Waals surface area contributed by atoms with Gasteiger partial charge in [-0.15, -0.1) is 0 Å². The third-order valence-corrected chi connectivity index (χ3v) is 12.0. The second-order valence-corrected chi connectivity index (χ2v) is 19.6. The van der Waals surface area contributed by atoms with Gasteiger partial charge in [-0.2, -0.15) is 0 Å². The Morgan fingerprint density at radius 2 is 0.950 bits per heavy atom. The Kier molecular flexibility index (Phi) is 41.6. The van der Waals surface area contributed by atoms with E-state index in [2.05, 4.69) is 55.6 Å². The van der Waals surface area contributed by atoms with Crippen LogP contribution in [-0.4, -0.2) is 73.4 Å². The Morgan fingerprint density at radius 1 is 0.567 bits per heavy atom.